The number of hydrogen-bond acceptors (Lipinski definition) is 4. The molecule has 1 amide bonds. The molecule has 0 aliphatic carbocycles. The molecule has 0 aromatic rings. The van der Waals surface area contributed by atoms with Crippen LogP contribution in [0.5, 0.6) is 0 Å². The molecule has 5 nitrogen and oxygen atoms in total. The number of nitrogens with zero attached hydrogens (tertiary/aromatic N) is 3. The minimum Gasteiger partial charge on any atom is -0.411 e. The van der Waals surface area contributed by atoms with Gasteiger partial charge in [-0.1, -0.05) is 5.16 Å². The normalized spacial score (nSPS) is 18.0. The van der Waals surface area contributed by atoms with Crippen molar-refractivity contribution in [2.75, 3.05) is 33.7 Å². The van der Waals surface area contributed by atoms with Crippen molar-refractivity contribution in [1.82, 2.24) is 9.80 Å². The maximum Gasteiger partial charge on any atom is 0.236 e. The summed E-state index contributed by atoms with van der Waals surface area (Å²) >= 11 is 0. The van der Waals surface area contributed by atoms with Gasteiger partial charge >= 0.3 is 0 Å². The molecule has 0 radical (unpaired) electrons. The fourth-order valence-corrected chi connectivity index (χ4v) is 1.40. The highest BCUT2D eigenvalue weighted by Crippen LogP contribution is 2.06. The molecule has 0 spiro atoms. The first kappa shape index (κ1) is 11.0. The molecule has 1 fully saturated rings. The molecule has 1 aliphatic heterocycles. The lowest BCUT2D eigenvalue weighted by atomic mass is 10.1. The Morgan fingerprint density at radius 2 is 2.07 bits per heavy atom. The molecule has 0 unspecified atom stereocenters. The Labute approximate surface area is 84.0 Å². The van der Waals surface area contributed by atoms with Gasteiger partial charge in [0.1, 0.15) is 0 Å². The summed E-state index contributed by atoms with van der Waals surface area (Å²) in [5.41, 5.74) is 0.832. The van der Waals surface area contributed by atoms with E-state index in [2.05, 4.69) is 10.1 Å². The molecule has 0 bridgehead atoms. The SMILES string of the molecule is CN(C)C(=O)CN1CCC(=NO)CC1. The summed E-state index contributed by atoms with van der Waals surface area (Å²) in [6.07, 6.45) is 1.52. The molecule has 0 saturated carbocycles. The van der Waals surface area contributed by atoms with Crippen LogP contribution in [0.4, 0.5) is 0 Å². The van der Waals surface area contributed by atoms with Gasteiger partial charge in [-0.3, -0.25) is 9.69 Å². The van der Waals surface area contributed by atoms with E-state index in [4.69, 9.17) is 5.21 Å². The third kappa shape index (κ3) is 2.99. The number of piperidine rings is 1. The van der Waals surface area contributed by atoms with Crippen molar-refractivity contribution in [2.24, 2.45) is 5.16 Å². The number of amides is 1. The Balaban J connectivity index is 2.32. The van der Waals surface area contributed by atoms with E-state index >= 15 is 0 Å². The van der Waals surface area contributed by atoms with Gasteiger partial charge < -0.3 is 10.1 Å². The maximum absolute atomic E-state index is 11.4. The minimum absolute atomic E-state index is 0.120. The zero-order chi connectivity index (χ0) is 10.6. The van der Waals surface area contributed by atoms with Crippen molar-refractivity contribution in [1.29, 1.82) is 0 Å². The summed E-state index contributed by atoms with van der Waals surface area (Å²) < 4.78 is 0. The van der Waals surface area contributed by atoms with Crippen LogP contribution in [0.15, 0.2) is 5.16 Å². The first-order valence-corrected chi connectivity index (χ1v) is 4.76. The summed E-state index contributed by atoms with van der Waals surface area (Å²) in [4.78, 5) is 15.0. The average molecular weight is 199 g/mol. The number of oxime groups is 1. The number of carbonyl (C=O) groups is 1. The first-order chi connectivity index (χ1) is 6.63. The van der Waals surface area contributed by atoms with Crippen LogP contribution >= 0.6 is 0 Å². The predicted octanol–water partition coefficient (Wildman–Crippen LogP) is 0.000600. The van der Waals surface area contributed by atoms with Gasteiger partial charge in [-0.05, 0) is 0 Å². The van der Waals surface area contributed by atoms with Gasteiger partial charge in [0, 0.05) is 40.0 Å². The van der Waals surface area contributed by atoms with Crippen LogP contribution in [-0.2, 0) is 4.79 Å². The third-order valence-corrected chi connectivity index (χ3v) is 2.43. The van der Waals surface area contributed by atoms with E-state index < -0.39 is 0 Å². The monoisotopic (exact) mass is 199 g/mol. The number of hydrogen-bond donors (Lipinski definition) is 1. The van der Waals surface area contributed by atoms with Gasteiger partial charge in [-0.15, -0.1) is 0 Å². The maximum atomic E-state index is 11.4. The number of carbonyl (C=O) groups excluding carboxylic acids is 1. The topological polar surface area (TPSA) is 56.1 Å². The molecule has 1 N–H and O–H groups in total. The van der Waals surface area contributed by atoms with E-state index in [1.165, 1.54) is 0 Å². The number of rotatable bonds is 2. The molecular weight excluding hydrogens is 182 g/mol. The second-order valence-electron chi connectivity index (χ2n) is 3.73. The van der Waals surface area contributed by atoms with Crippen LogP contribution in [-0.4, -0.2) is 60.4 Å². The molecule has 5 heteroatoms. The highest BCUT2D eigenvalue weighted by Gasteiger charge is 2.18. The molecule has 1 aliphatic rings. The Hall–Kier alpha value is -1.10. The lowest BCUT2D eigenvalue weighted by Gasteiger charge is -2.27. The summed E-state index contributed by atoms with van der Waals surface area (Å²) in [6, 6.07) is 0. The van der Waals surface area contributed by atoms with E-state index in [0.29, 0.717) is 6.54 Å². The Kier molecular flexibility index (Phi) is 3.88. The van der Waals surface area contributed by atoms with Crippen molar-refractivity contribution in [2.45, 2.75) is 12.8 Å². The fraction of sp³-hybridized carbons (Fsp3) is 0.778. The Morgan fingerprint density at radius 3 is 2.50 bits per heavy atom. The van der Waals surface area contributed by atoms with E-state index in [9.17, 15) is 4.79 Å². The van der Waals surface area contributed by atoms with Gasteiger partial charge in [0.05, 0.1) is 12.3 Å². The zero-order valence-electron chi connectivity index (χ0n) is 8.73. The van der Waals surface area contributed by atoms with Crippen molar-refractivity contribution >= 4 is 11.6 Å². The average Bonchev–Trinajstić information content (AvgIpc) is 2.19. The van der Waals surface area contributed by atoms with Gasteiger partial charge in [-0.25, -0.2) is 0 Å². The molecule has 1 saturated heterocycles. The van der Waals surface area contributed by atoms with Gasteiger partial charge in [-0.2, -0.15) is 0 Å². The van der Waals surface area contributed by atoms with Gasteiger partial charge in [0.2, 0.25) is 5.91 Å². The third-order valence-electron chi connectivity index (χ3n) is 2.43. The lowest BCUT2D eigenvalue weighted by Crippen LogP contribution is -2.41. The summed E-state index contributed by atoms with van der Waals surface area (Å²) in [5, 5.41) is 11.7. The largest absolute Gasteiger partial charge is 0.411 e. The molecular formula is C9H17N3O2. The van der Waals surface area contributed by atoms with Crippen LogP contribution in [0.3, 0.4) is 0 Å². The van der Waals surface area contributed by atoms with Crippen LogP contribution < -0.4 is 0 Å². The van der Waals surface area contributed by atoms with Crippen molar-refractivity contribution < 1.29 is 10.0 Å². The first-order valence-electron chi connectivity index (χ1n) is 4.76. The second kappa shape index (κ2) is 4.95. The molecule has 0 atom stereocenters. The lowest BCUT2D eigenvalue weighted by molar-refractivity contribution is -0.129. The Morgan fingerprint density at radius 1 is 1.50 bits per heavy atom. The van der Waals surface area contributed by atoms with Crippen LogP contribution in [0.1, 0.15) is 12.8 Å². The molecule has 1 rings (SSSR count). The zero-order valence-corrected chi connectivity index (χ0v) is 8.73. The molecule has 0 aromatic carbocycles. The quantitative estimate of drug-likeness (QED) is 0.503. The fourth-order valence-electron chi connectivity index (χ4n) is 1.40. The van der Waals surface area contributed by atoms with Crippen LogP contribution in [0.2, 0.25) is 0 Å². The highest BCUT2D eigenvalue weighted by atomic mass is 16.4. The number of likely N-dealkylation sites (N-methyl/N-ethyl adjacent to an activating group) is 1. The van der Waals surface area contributed by atoms with Gasteiger partial charge in [0.15, 0.2) is 0 Å². The molecule has 0 aromatic heterocycles. The summed E-state index contributed by atoms with van der Waals surface area (Å²) in [6.45, 7) is 2.07. The van der Waals surface area contributed by atoms with Crippen LogP contribution in [0.25, 0.3) is 0 Å². The van der Waals surface area contributed by atoms with Crippen molar-refractivity contribution in [3.8, 4) is 0 Å². The second-order valence-corrected chi connectivity index (χ2v) is 3.73. The molecule has 80 valence electrons. The minimum atomic E-state index is 0.120. The summed E-state index contributed by atoms with van der Waals surface area (Å²) in [7, 11) is 3.51. The molecule has 14 heavy (non-hydrogen) atoms. The van der Waals surface area contributed by atoms with E-state index in [0.717, 1.165) is 31.6 Å². The van der Waals surface area contributed by atoms with E-state index in [-0.39, 0.29) is 5.91 Å². The van der Waals surface area contributed by atoms with Gasteiger partial charge in [0.25, 0.3) is 0 Å². The van der Waals surface area contributed by atoms with Crippen molar-refractivity contribution in [3.63, 3.8) is 0 Å². The van der Waals surface area contributed by atoms with E-state index in [1.54, 1.807) is 19.0 Å². The predicted molar refractivity (Wildman–Crippen MR) is 53.6 cm³/mol. The van der Waals surface area contributed by atoms with E-state index in [1.807, 2.05) is 0 Å². The standard InChI is InChI=1S/C9H17N3O2/c1-11(2)9(13)7-12-5-3-8(10-14)4-6-12/h14H,3-7H2,1-2H3. The summed E-state index contributed by atoms with van der Waals surface area (Å²) in [5.74, 6) is 0.120. The Bertz CT molecular complexity index is 228. The van der Waals surface area contributed by atoms with Crippen molar-refractivity contribution in [3.05, 3.63) is 0 Å². The smallest absolute Gasteiger partial charge is 0.236 e. The highest BCUT2D eigenvalue weighted by molar-refractivity contribution is 5.85. The molecule has 1 heterocycles. The van der Waals surface area contributed by atoms with Crippen LogP contribution in [0, 0.1) is 0 Å². The number of likely N-dealkylation sites (tertiary alicyclic amines) is 1.